The van der Waals surface area contributed by atoms with Crippen molar-refractivity contribution in [2.45, 2.75) is 18.9 Å². The summed E-state index contributed by atoms with van der Waals surface area (Å²) < 4.78 is 13.1. The molecule has 0 unspecified atom stereocenters. The minimum absolute atomic E-state index is 0.246. The van der Waals surface area contributed by atoms with Gasteiger partial charge in [-0.05, 0) is 31.0 Å². The summed E-state index contributed by atoms with van der Waals surface area (Å²) >= 11 is 0. The Morgan fingerprint density at radius 1 is 1.46 bits per heavy atom. The van der Waals surface area contributed by atoms with Crippen LogP contribution in [0.2, 0.25) is 0 Å². The molecule has 2 nitrogen and oxygen atoms in total. The number of para-hydroxylation sites is 1. The number of benzene rings is 1. The molecule has 70 valence electrons. The van der Waals surface area contributed by atoms with Gasteiger partial charge in [-0.3, -0.25) is 0 Å². The van der Waals surface area contributed by atoms with Crippen LogP contribution in [0.3, 0.4) is 0 Å². The average molecular weight is 180 g/mol. The van der Waals surface area contributed by atoms with Gasteiger partial charge in [-0.25, -0.2) is 4.39 Å². The summed E-state index contributed by atoms with van der Waals surface area (Å²) in [7, 11) is 0. The zero-order valence-corrected chi connectivity index (χ0v) is 7.39. The fourth-order valence-corrected chi connectivity index (χ4v) is 1.81. The largest absolute Gasteiger partial charge is 0.396 e. The third-order valence-corrected chi connectivity index (χ3v) is 2.52. The van der Waals surface area contributed by atoms with E-state index >= 15 is 0 Å². The molecule has 0 spiro atoms. The van der Waals surface area contributed by atoms with Crippen molar-refractivity contribution >= 4 is 5.69 Å². The van der Waals surface area contributed by atoms with E-state index in [0.717, 1.165) is 24.9 Å². The molecule has 0 radical (unpaired) electrons. The fraction of sp³-hybridized carbons (Fsp3) is 0.400. The molecule has 1 fully saturated rings. The summed E-state index contributed by atoms with van der Waals surface area (Å²) in [6, 6.07) is 5.24. The van der Waals surface area contributed by atoms with Gasteiger partial charge in [0.1, 0.15) is 5.82 Å². The second-order valence-electron chi connectivity index (χ2n) is 3.39. The Kier molecular flexibility index (Phi) is 2.19. The normalized spacial score (nSPS) is 22.1. The first-order valence-corrected chi connectivity index (χ1v) is 4.56. The smallest absolute Gasteiger partial charge is 0.146 e. The van der Waals surface area contributed by atoms with E-state index in [2.05, 4.69) is 5.32 Å². The van der Waals surface area contributed by atoms with Crippen molar-refractivity contribution in [3.05, 3.63) is 29.6 Å². The predicted octanol–water partition coefficient (Wildman–Crippen LogP) is 1.83. The van der Waals surface area contributed by atoms with Crippen molar-refractivity contribution in [1.29, 1.82) is 0 Å². The quantitative estimate of drug-likeness (QED) is 0.647. The molecule has 0 bridgehead atoms. The van der Waals surface area contributed by atoms with E-state index in [1.54, 1.807) is 6.07 Å². The van der Waals surface area contributed by atoms with Crippen LogP contribution in [-0.2, 0) is 0 Å². The van der Waals surface area contributed by atoms with Gasteiger partial charge in [-0.1, -0.05) is 12.1 Å². The number of hydrogen-bond donors (Lipinski definition) is 2. The first kappa shape index (κ1) is 8.51. The van der Waals surface area contributed by atoms with Gasteiger partial charge in [0.15, 0.2) is 0 Å². The number of hydrogen-bond acceptors (Lipinski definition) is 2. The Labute approximate surface area is 76.9 Å². The topological polar surface area (TPSA) is 38.0 Å². The molecule has 1 aromatic carbocycles. The number of nitrogens with two attached hydrogens (primary N) is 1. The Bertz CT molecular complexity index is 306. The molecule has 13 heavy (non-hydrogen) atoms. The minimum atomic E-state index is -0.314. The molecule has 0 aliphatic carbocycles. The number of nitrogens with one attached hydrogen (secondary N) is 1. The van der Waals surface area contributed by atoms with E-state index in [9.17, 15) is 4.39 Å². The van der Waals surface area contributed by atoms with Crippen molar-refractivity contribution in [2.24, 2.45) is 0 Å². The molecule has 0 aromatic heterocycles. The van der Waals surface area contributed by atoms with E-state index in [4.69, 9.17) is 5.73 Å². The molecule has 1 aromatic rings. The predicted molar refractivity (Wildman–Crippen MR) is 50.8 cm³/mol. The number of rotatable bonds is 1. The maximum Gasteiger partial charge on any atom is 0.146 e. The Morgan fingerprint density at radius 3 is 3.00 bits per heavy atom. The Balaban J connectivity index is 2.33. The first-order valence-electron chi connectivity index (χ1n) is 4.56. The summed E-state index contributed by atoms with van der Waals surface area (Å²) in [4.78, 5) is 0. The lowest BCUT2D eigenvalue weighted by Crippen LogP contribution is -2.15. The van der Waals surface area contributed by atoms with Crippen LogP contribution in [-0.4, -0.2) is 6.54 Å². The van der Waals surface area contributed by atoms with Crippen LogP contribution < -0.4 is 11.1 Å². The zero-order chi connectivity index (χ0) is 9.26. The number of anilines is 1. The Hall–Kier alpha value is -1.09. The molecule has 3 N–H and O–H groups in total. The van der Waals surface area contributed by atoms with Gasteiger partial charge in [-0.2, -0.15) is 0 Å². The second-order valence-corrected chi connectivity index (χ2v) is 3.39. The van der Waals surface area contributed by atoms with E-state index in [-0.39, 0.29) is 11.9 Å². The maximum atomic E-state index is 13.1. The molecule has 1 aliphatic heterocycles. The van der Waals surface area contributed by atoms with Crippen LogP contribution >= 0.6 is 0 Å². The fourth-order valence-electron chi connectivity index (χ4n) is 1.81. The molecule has 2 rings (SSSR count). The van der Waals surface area contributed by atoms with Crippen LogP contribution in [0.1, 0.15) is 24.4 Å². The number of nitrogen functional groups attached to an aromatic ring is 1. The van der Waals surface area contributed by atoms with Gasteiger partial charge in [0.2, 0.25) is 0 Å². The molecule has 1 heterocycles. The summed E-state index contributed by atoms with van der Waals surface area (Å²) in [5.74, 6) is -0.314. The van der Waals surface area contributed by atoms with Crippen molar-refractivity contribution < 1.29 is 4.39 Å². The van der Waals surface area contributed by atoms with Gasteiger partial charge < -0.3 is 11.1 Å². The van der Waals surface area contributed by atoms with Crippen LogP contribution in [0.15, 0.2) is 18.2 Å². The average Bonchev–Trinajstić information content (AvgIpc) is 2.62. The maximum absolute atomic E-state index is 13.1. The summed E-state index contributed by atoms with van der Waals surface area (Å²) in [6.45, 7) is 1.00. The van der Waals surface area contributed by atoms with Crippen molar-refractivity contribution in [2.75, 3.05) is 12.3 Å². The van der Waals surface area contributed by atoms with E-state index in [0.29, 0.717) is 5.69 Å². The first-order chi connectivity index (χ1) is 6.29. The highest BCUT2D eigenvalue weighted by Gasteiger charge is 2.19. The van der Waals surface area contributed by atoms with E-state index in [1.165, 1.54) is 6.07 Å². The Morgan fingerprint density at radius 2 is 2.31 bits per heavy atom. The van der Waals surface area contributed by atoms with Crippen LogP contribution in [0.4, 0.5) is 10.1 Å². The molecule has 1 atom stereocenters. The van der Waals surface area contributed by atoms with Gasteiger partial charge in [0.25, 0.3) is 0 Å². The monoisotopic (exact) mass is 180 g/mol. The highest BCUT2D eigenvalue weighted by molar-refractivity contribution is 5.49. The lowest BCUT2D eigenvalue weighted by molar-refractivity contribution is 0.613. The van der Waals surface area contributed by atoms with Gasteiger partial charge >= 0.3 is 0 Å². The van der Waals surface area contributed by atoms with Crippen LogP contribution in [0, 0.1) is 5.82 Å². The van der Waals surface area contributed by atoms with E-state index < -0.39 is 0 Å². The lowest BCUT2D eigenvalue weighted by atomic mass is 10.0. The summed E-state index contributed by atoms with van der Waals surface area (Å²) in [5, 5.41) is 3.29. The number of halogens is 1. The van der Waals surface area contributed by atoms with Crippen molar-refractivity contribution in [3.63, 3.8) is 0 Å². The van der Waals surface area contributed by atoms with Crippen LogP contribution in [0.5, 0.6) is 0 Å². The van der Waals surface area contributed by atoms with Gasteiger partial charge in [0, 0.05) is 6.04 Å². The second kappa shape index (κ2) is 3.34. The molecule has 1 saturated heterocycles. The molecular weight excluding hydrogens is 167 g/mol. The minimum Gasteiger partial charge on any atom is -0.396 e. The van der Waals surface area contributed by atoms with Crippen molar-refractivity contribution in [1.82, 2.24) is 5.32 Å². The third kappa shape index (κ3) is 1.52. The summed E-state index contributed by atoms with van der Waals surface area (Å²) in [6.07, 6.45) is 2.19. The lowest BCUT2D eigenvalue weighted by Gasteiger charge is -2.13. The van der Waals surface area contributed by atoms with Gasteiger partial charge in [-0.15, -0.1) is 0 Å². The van der Waals surface area contributed by atoms with Crippen molar-refractivity contribution in [3.8, 4) is 0 Å². The molecule has 1 aliphatic rings. The SMILES string of the molecule is Nc1c(F)cccc1[C@@H]1CCCN1. The highest BCUT2D eigenvalue weighted by atomic mass is 19.1. The molecule has 0 amide bonds. The highest BCUT2D eigenvalue weighted by Crippen LogP contribution is 2.28. The third-order valence-electron chi connectivity index (χ3n) is 2.52. The zero-order valence-electron chi connectivity index (χ0n) is 7.39. The molecule has 0 saturated carbocycles. The van der Waals surface area contributed by atoms with E-state index in [1.807, 2.05) is 6.07 Å². The van der Waals surface area contributed by atoms with Crippen LogP contribution in [0.25, 0.3) is 0 Å². The molecular formula is C10H13FN2. The standard InChI is InChI=1S/C10H13FN2/c11-8-4-1-3-7(10(8)12)9-5-2-6-13-9/h1,3-4,9,13H,2,5-6,12H2/t9-/m0/s1. The summed E-state index contributed by atoms with van der Waals surface area (Å²) in [5.41, 5.74) is 6.84. The molecule has 3 heteroatoms. The van der Waals surface area contributed by atoms with Gasteiger partial charge in [0.05, 0.1) is 5.69 Å².